The number of allylic oxidation sites excluding steroid dienone is 2. The van der Waals surface area contributed by atoms with Gasteiger partial charge in [0, 0.05) is 5.56 Å². The van der Waals surface area contributed by atoms with Crippen LogP contribution in [0.25, 0.3) is 0 Å². The molecule has 0 aliphatic heterocycles. The van der Waals surface area contributed by atoms with Crippen molar-refractivity contribution in [3.63, 3.8) is 0 Å². The van der Waals surface area contributed by atoms with E-state index >= 15 is 0 Å². The van der Waals surface area contributed by atoms with Crippen LogP contribution in [-0.2, 0) is 17.6 Å². The summed E-state index contributed by atoms with van der Waals surface area (Å²) < 4.78 is 5.53. The molecule has 0 saturated carbocycles. The van der Waals surface area contributed by atoms with E-state index < -0.39 is 5.91 Å². The summed E-state index contributed by atoms with van der Waals surface area (Å²) >= 11 is 0. The van der Waals surface area contributed by atoms with Gasteiger partial charge in [-0.25, -0.2) is 5.43 Å². The molecule has 1 amide bonds. The number of carbonyl (C=O) groups is 1. The lowest BCUT2D eigenvalue weighted by atomic mass is 10.1. The molecule has 2 aromatic rings. The molecule has 0 heterocycles. The Hall–Kier alpha value is -3.34. The molecule has 0 saturated heterocycles. The second kappa shape index (κ2) is 9.84. The fourth-order valence-corrected chi connectivity index (χ4v) is 2.35. The van der Waals surface area contributed by atoms with Crippen LogP contribution in [0.5, 0.6) is 11.5 Å². The zero-order chi connectivity index (χ0) is 18.8. The number of benzene rings is 2. The first kappa shape index (κ1) is 19.0. The summed E-state index contributed by atoms with van der Waals surface area (Å²) in [5.74, 6) is 0.373. The van der Waals surface area contributed by atoms with E-state index in [1.807, 2.05) is 24.3 Å². The van der Waals surface area contributed by atoms with Crippen LogP contribution in [0.4, 0.5) is 0 Å². The minimum atomic E-state index is -0.392. The molecular weight excluding hydrogens is 328 g/mol. The summed E-state index contributed by atoms with van der Waals surface area (Å²) in [6.45, 7) is 7.20. The number of nitrogens with one attached hydrogen (secondary N) is 1. The maximum absolute atomic E-state index is 11.9. The van der Waals surface area contributed by atoms with Crippen LogP contribution in [0.1, 0.15) is 16.7 Å². The number of ether oxygens (including phenoxy) is 1. The SMILES string of the molecule is C=CCc1ccccc1OCC(=O)N/N=C\c1cccc(CC=C)c1O. The molecule has 2 rings (SSSR count). The largest absolute Gasteiger partial charge is 0.507 e. The van der Waals surface area contributed by atoms with E-state index in [1.54, 1.807) is 30.4 Å². The highest BCUT2D eigenvalue weighted by Crippen LogP contribution is 2.21. The Morgan fingerprint density at radius 1 is 1.08 bits per heavy atom. The number of hydrogen-bond acceptors (Lipinski definition) is 4. The van der Waals surface area contributed by atoms with Crippen molar-refractivity contribution < 1.29 is 14.6 Å². The first-order chi connectivity index (χ1) is 12.7. The molecule has 0 spiro atoms. The predicted molar refractivity (Wildman–Crippen MR) is 104 cm³/mol. The Morgan fingerprint density at radius 2 is 1.77 bits per heavy atom. The van der Waals surface area contributed by atoms with E-state index in [2.05, 4.69) is 23.7 Å². The molecule has 2 aromatic carbocycles. The molecular formula is C21H22N2O3. The minimum absolute atomic E-state index is 0.125. The van der Waals surface area contributed by atoms with E-state index in [1.165, 1.54) is 6.21 Å². The van der Waals surface area contributed by atoms with Gasteiger partial charge in [0.05, 0.1) is 6.21 Å². The van der Waals surface area contributed by atoms with Crippen LogP contribution in [-0.4, -0.2) is 23.8 Å². The third-order valence-corrected chi connectivity index (χ3v) is 3.60. The molecule has 0 aliphatic carbocycles. The molecule has 5 nitrogen and oxygen atoms in total. The van der Waals surface area contributed by atoms with Crippen molar-refractivity contribution in [3.8, 4) is 11.5 Å². The number of hydrogen-bond donors (Lipinski definition) is 2. The highest BCUT2D eigenvalue weighted by atomic mass is 16.5. The van der Waals surface area contributed by atoms with E-state index in [-0.39, 0.29) is 12.4 Å². The monoisotopic (exact) mass is 350 g/mol. The highest BCUT2D eigenvalue weighted by molar-refractivity contribution is 5.86. The average molecular weight is 350 g/mol. The summed E-state index contributed by atoms with van der Waals surface area (Å²) in [4.78, 5) is 11.9. The van der Waals surface area contributed by atoms with Gasteiger partial charge in [-0.1, -0.05) is 42.5 Å². The standard InChI is InChI=1S/C21H22N2O3/c1-3-8-16-10-5-6-13-19(16)26-15-20(24)23-22-14-18-12-7-11-17(9-4-2)21(18)25/h3-7,10-14,25H,1-2,8-9,15H2,(H,23,24)/b22-14-. The molecule has 26 heavy (non-hydrogen) atoms. The quantitative estimate of drug-likeness (QED) is 0.414. The minimum Gasteiger partial charge on any atom is -0.507 e. The van der Waals surface area contributed by atoms with Crippen molar-refractivity contribution in [1.29, 1.82) is 0 Å². The first-order valence-corrected chi connectivity index (χ1v) is 8.21. The third kappa shape index (κ3) is 5.34. The fourth-order valence-electron chi connectivity index (χ4n) is 2.35. The third-order valence-electron chi connectivity index (χ3n) is 3.60. The Labute approximate surface area is 153 Å². The second-order valence-corrected chi connectivity index (χ2v) is 5.53. The maximum atomic E-state index is 11.9. The van der Waals surface area contributed by atoms with Gasteiger partial charge in [-0.15, -0.1) is 13.2 Å². The van der Waals surface area contributed by atoms with Gasteiger partial charge in [0.2, 0.25) is 0 Å². The van der Waals surface area contributed by atoms with E-state index in [4.69, 9.17) is 4.74 Å². The van der Waals surface area contributed by atoms with Gasteiger partial charge in [0.15, 0.2) is 6.61 Å². The first-order valence-electron chi connectivity index (χ1n) is 8.21. The summed E-state index contributed by atoms with van der Waals surface area (Å²) in [6, 6.07) is 12.8. The zero-order valence-corrected chi connectivity index (χ0v) is 14.5. The number of para-hydroxylation sites is 2. The normalized spacial score (nSPS) is 10.5. The van der Waals surface area contributed by atoms with Gasteiger partial charge >= 0.3 is 0 Å². The van der Waals surface area contributed by atoms with Crippen LogP contribution in [0.15, 0.2) is 72.9 Å². The number of amides is 1. The number of aromatic hydroxyl groups is 1. The number of rotatable bonds is 9. The van der Waals surface area contributed by atoms with Gasteiger partial charge < -0.3 is 9.84 Å². The van der Waals surface area contributed by atoms with Crippen molar-refractivity contribution in [2.75, 3.05) is 6.61 Å². The van der Waals surface area contributed by atoms with Crippen LogP contribution in [0.2, 0.25) is 0 Å². The van der Waals surface area contributed by atoms with Crippen molar-refractivity contribution >= 4 is 12.1 Å². The zero-order valence-electron chi connectivity index (χ0n) is 14.5. The average Bonchev–Trinajstić information content (AvgIpc) is 2.64. The number of phenolic OH excluding ortho intramolecular Hbond substituents is 1. The molecule has 2 N–H and O–H groups in total. The molecule has 0 aliphatic rings. The van der Waals surface area contributed by atoms with Gasteiger partial charge in [0.1, 0.15) is 11.5 Å². The van der Waals surface area contributed by atoms with Crippen LogP contribution < -0.4 is 10.2 Å². The lowest BCUT2D eigenvalue weighted by Gasteiger charge is -2.09. The van der Waals surface area contributed by atoms with Gasteiger partial charge in [-0.05, 0) is 36.1 Å². The van der Waals surface area contributed by atoms with Gasteiger partial charge in [0.25, 0.3) is 5.91 Å². The molecule has 0 radical (unpaired) electrons. The molecule has 0 atom stereocenters. The van der Waals surface area contributed by atoms with Crippen molar-refractivity contribution in [1.82, 2.24) is 5.43 Å². The van der Waals surface area contributed by atoms with E-state index in [0.29, 0.717) is 24.2 Å². The van der Waals surface area contributed by atoms with Gasteiger partial charge in [-0.2, -0.15) is 5.10 Å². The molecule has 0 unspecified atom stereocenters. The summed E-state index contributed by atoms with van der Waals surface area (Å²) in [6.07, 6.45) is 6.10. The number of carbonyl (C=O) groups excluding carboxylic acids is 1. The van der Waals surface area contributed by atoms with Crippen molar-refractivity contribution in [2.24, 2.45) is 5.10 Å². The van der Waals surface area contributed by atoms with E-state index in [9.17, 15) is 9.90 Å². The number of nitrogens with zero attached hydrogens (tertiary/aromatic N) is 1. The number of phenols is 1. The summed E-state index contributed by atoms with van der Waals surface area (Å²) in [5, 5.41) is 14.0. The second-order valence-electron chi connectivity index (χ2n) is 5.53. The van der Waals surface area contributed by atoms with Crippen molar-refractivity contribution in [3.05, 3.63) is 84.5 Å². The Bertz CT molecular complexity index is 813. The van der Waals surface area contributed by atoms with Crippen LogP contribution in [0.3, 0.4) is 0 Å². The van der Waals surface area contributed by atoms with E-state index in [0.717, 1.165) is 11.1 Å². The maximum Gasteiger partial charge on any atom is 0.277 e. The molecule has 0 aromatic heterocycles. The molecule has 5 heteroatoms. The van der Waals surface area contributed by atoms with Crippen LogP contribution in [0, 0.1) is 0 Å². The summed E-state index contributed by atoms with van der Waals surface area (Å²) in [5.41, 5.74) is 4.61. The highest BCUT2D eigenvalue weighted by Gasteiger charge is 2.06. The Morgan fingerprint density at radius 3 is 2.54 bits per heavy atom. The Balaban J connectivity index is 1.91. The lowest BCUT2D eigenvalue weighted by molar-refractivity contribution is -0.123. The Kier molecular flexibility index (Phi) is 7.18. The molecule has 134 valence electrons. The lowest BCUT2D eigenvalue weighted by Crippen LogP contribution is -2.24. The smallest absolute Gasteiger partial charge is 0.277 e. The molecule has 0 bridgehead atoms. The molecule has 0 fully saturated rings. The number of hydrazone groups is 1. The van der Waals surface area contributed by atoms with Crippen molar-refractivity contribution in [2.45, 2.75) is 12.8 Å². The van der Waals surface area contributed by atoms with Crippen LogP contribution >= 0.6 is 0 Å². The topological polar surface area (TPSA) is 70.9 Å². The summed E-state index contributed by atoms with van der Waals surface area (Å²) in [7, 11) is 0. The van der Waals surface area contributed by atoms with Gasteiger partial charge in [-0.3, -0.25) is 4.79 Å². The predicted octanol–water partition coefficient (Wildman–Crippen LogP) is 3.38. The fraction of sp³-hybridized carbons (Fsp3) is 0.143.